The number of nitrogens with zero attached hydrogens (tertiary/aromatic N) is 1. The summed E-state index contributed by atoms with van der Waals surface area (Å²) in [6.45, 7) is 0. The van der Waals surface area contributed by atoms with Gasteiger partial charge in [0.05, 0.1) is 9.21 Å². The van der Waals surface area contributed by atoms with Crippen LogP contribution in [-0.2, 0) is 0 Å². The Hall–Kier alpha value is -1.33. The summed E-state index contributed by atoms with van der Waals surface area (Å²) in [5.41, 5.74) is 0. The number of hydrogen-bond donors (Lipinski definition) is 1. The van der Waals surface area contributed by atoms with Gasteiger partial charge in [-0.1, -0.05) is 16.8 Å². The highest BCUT2D eigenvalue weighted by Gasteiger charge is 2.09. The van der Waals surface area contributed by atoms with Crippen LogP contribution >= 0.6 is 22.9 Å². The molecule has 1 amide bonds. The van der Waals surface area contributed by atoms with Crippen LogP contribution in [0.2, 0.25) is 4.34 Å². The van der Waals surface area contributed by atoms with Crippen LogP contribution in [0.25, 0.3) is 0 Å². The van der Waals surface area contributed by atoms with E-state index in [4.69, 9.17) is 11.6 Å². The smallest absolute Gasteiger partial charge is 0.267 e. The third kappa shape index (κ3) is 1.94. The number of carbonyl (C=O) groups is 1. The Morgan fingerprint density at radius 2 is 2.36 bits per heavy atom. The quantitative estimate of drug-likeness (QED) is 0.860. The molecule has 6 heteroatoms. The predicted molar refractivity (Wildman–Crippen MR) is 53.8 cm³/mol. The van der Waals surface area contributed by atoms with E-state index in [0.29, 0.717) is 15.0 Å². The molecule has 2 aromatic heterocycles. The molecule has 1 N–H and O–H groups in total. The van der Waals surface area contributed by atoms with E-state index in [1.165, 1.54) is 17.6 Å². The number of halogens is 1. The van der Waals surface area contributed by atoms with Crippen molar-refractivity contribution in [3.05, 3.63) is 33.7 Å². The van der Waals surface area contributed by atoms with Gasteiger partial charge in [0.2, 0.25) is 0 Å². The van der Waals surface area contributed by atoms with Gasteiger partial charge >= 0.3 is 0 Å². The van der Waals surface area contributed by atoms with Gasteiger partial charge in [0, 0.05) is 6.07 Å². The van der Waals surface area contributed by atoms with E-state index in [1.54, 1.807) is 18.2 Å². The lowest BCUT2D eigenvalue weighted by molar-refractivity contribution is 0.102. The zero-order chi connectivity index (χ0) is 9.97. The first-order valence-electron chi connectivity index (χ1n) is 3.73. The second-order valence-corrected chi connectivity index (χ2v) is 4.16. The van der Waals surface area contributed by atoms with E-state index >= 15 is 0 Å². The Morgan fingerprint density at radius 1 is 1.50 bits per heavy atom. The van der Waals surface area contributed by atoms with Gasteiger partial charge in [-0.15, -0.1) is 11.3 Å². The molecule has 0 aromatic carbocycles. The fraction of sp³-hybridized carbons (Fsp3) is 0. The van der Waals surface area contributed by atoms with Crippen LogP contribution in [0.4, 0.5) is 5.82 Å². The van der Waals surface area contributed by atoms with Gasteiger partial charge < -0.3 is 9.84 Å². The maximum absolute atomic E-state index is 11.5. The van der Waals surface area contributed by atoms with Crippen molar-refractivity contribution in [2.45, 2.75) is 0 Å². The van der Waals surface area contributed by atoms with Gasteiger partial charge in [-0.25, -0.2) is 0 Å². The SMILES string of the molecule is O=C(Nc1ccon1)c1ccc(Cl)s1. The lowest BCUT2D eigenvalue weighted by Crippen LogP contribution is -2.09. The van der Waals surface area contributed by atoms with Gasteiger partial charge in [0.15, 0.2) is 5.82 Å². The second-order valence-electron chi connectivity index (χ2n) is 2.44. The van der Waals surface area contributed by atoms with Crippen LogP contribution < -0.4 is 5.32 Å². The molecule has 0 aliphatic heterocycles. The summed E-state index contributed by atoms with van der Waals surface area (Å²) in [5.74, 6) is 0.148. The van der Waals surface area contributed by atoms with Gasteiger partial charge in [0.25, 0.3) is 5.91 Å². The van der Waals surface area contributed by atoms with Crippen molar-refractivity contribution in [3.63, 3.8) is 0 Å². The molecule has 14 heavy (non-hydrogen) atoms. The summed E-state index contributed by atoms with van der Waals surface area (Å²) in [6.07, 6.45) is 1.39. The van der Waals surface area contributed by atoms with E-state index < -0.39 is 0 Å². The van der Waals surface area contributed by atoms with Crippen LogP contribution in [0.15, 0.2) is 29.0 Å². The van der Waals surface area contributed by atoms with Crippen LogP contribution in [0.3, 0.4) is 0 Å². The van der Waals surface area contributed by atoms with E-state index in [1.807, 2.05) is 0 Å². The lowest BCUT2D eigenvalue weighted by atomic mass is 10.4. The number of anilines is 1. The first-order valence-corrected chi connectivity index (χ1v) is 4.92. The molecule has 0 unspecified atom stereocenters. The minimum atomic E-state index is -0.240. The van der Waals surface area contributed by atoms with Crippen molar-refractivity contribution >= 4 is 34.7 Å². The highest BCUT2D eigenvalue weighted by molar-refractivity contribution is 7.18. The van der Waals surface area contributed by atoms with Gasteiger partial charge in [0.1, 0.15) is 6.26 Å². The molecule has 0 saturated carbocycles. The van der Waals surface area contributed by atoms with Gasteiger partial charge in [-0.05, 0) is 12.1 Å². The van der Waals surface area contributed by atoms with Crippen molar-refractivity contribution in [3.8, 4) is 0 Å². The van der Waals surface area contributed by atoms with Crippen molar-refractivity contribution in [2.24, 2.45) is 0 Å². The molecule has 0 bridgehead atoms. The van der Waals surface area contributed by atoms with Crippen LogP contribution in [0.1, 0.15) is 9.67 Å². The summed E-state index contributed by atoms with van der Waals surface area (Å²) in [5, 5.41) is 6.11. The third-order valence-electron chi connectivity index (χ3n) is 1.48. The van der Waals surface area contributed by atoms with Gasteiger partial charge in [-0.3, -0.25) is 4.79 Å². The molecule has 0 spiro atoms. The maximum Gasteiger partial charge on any atom is 0.267 e. The fourth-order valence-corrected chi connectivity index (χ4v) is 1.83. The average Bonchev–Trinajstić information content (AvgIpc) is 2.75. The van der Waals surface area contributed by atoms with Crippen molar-refractivity contribution in [2.75, 3.05) is 5.32 Å². The fourth-order valence-electron chi connectivity index (χ4n) is 0.891. The Bertz CT molecular complexity index is 438. The average molecular weight is 229 g/mol. The molecular weight excluding hydrogens is 224 g/mol. The molecule has 2 heterocycles. The molecule has 72 valence electrons. The summed E-state index contributed by atoms with van der Waals surface area (Å²) in [6, 6.07) is 4.89. The Kier molecular flexibility index (Phi) is 2.51. The molecule has 2 aromatic rings. The monoisotopic (exact) mass is 228 g/mol. The number of hydrogen-bond acceptors (Lipinski definition) is 4. The largest absolute Gasteiger partial charge is 0.363 e. The molecule has 0 atom stereocenters. The van der Waals surface area contributed by atoms with Crippen LogP contribution in [-0.4, -0.2) is 11.1 Å². The lowest BCUT2D eigenvalue weighted by Gasteiger charge is -1.96. The number of nitrogens with one attached hydrogen (secondary N) is 1. The molecule has 0 radical (unpaired) electrons. The molecular formula is C8H5ClN2O2S. The second kappa shape index (κ2) is 3.81. The zero-order valence-corrected chi connectivity index (χ0v) is 8.43. The Balaban J connectivity index is 2.10. The number of thiophene rings is 1. The third-order valence-corrected chi connectivity index (χ3v) is 2.71. The zero-order valence-electron chi connectivity index (χ0n) is 6.86. The van der Waals surface area contributed by atoms with E-state index in [0.717, 1.165) is 0 Å². The van der Waals surface area contributed by atoms with Crippen molar-refractivity contribution in [1.29, 1.82) is 0 Å². The molecule has 0 aliphatic rings. The van der Waals surface area contributed by atoms with E-state index in [9.17, 15) is 4.79 Å². The minimum Gasteiger partial charge on any atom is -0.363 e. The first kappa shape index (κ1) is 9.23. The summed E-state index contributed by atoms with van der Waals surface area (Å²) >= 11 is 6.90. The Morgan fingerprint density at radius 3 is 2.93 bits per heavy atom. The topological polar surface area (TPSA) is 55.1 Å². The first-order chi connectivity index (χ1) is 6.75. The van der Waals surface area contributed by atoms with Gasteiger partial charge in [-0.2, -0.15) is 0 Å². The number of rotatable bonds is 2. The predicted octanol–water partition coefficient (Wildman–Crippen LogP) is 2.64. The van der Waals surface area contributed by atoms with Crippen LogP contribution in [0.5, 0.6) is 0 Å². The molecule has 4 nitrogen and oxygen atoms in total. The van der Waals surface area contributed by atoms with Crippen LogP contribution in [0, 0.1) is 0 Å². The van der Waals surface area contributed by atoms with E-state index in [2.05, 4.69) is 15.0 Å². The van der Waals surface area contributed by atoms with Crippen molar-refractivity contribution < 1.29 is 9.32 Å². The maximum atomic E-state index is 11.5. The number of amides is 1. The van der Waals surface area contributed by atoms with Crippen molar-refractivity contribution in [1.82, 2.24) is 5.16 Å². The standard InChI is InChI=1S/C8H5ClN2O2S/c9-6-2-1-5(14-6)8(12)10-7-3-4-13-11-7/h1-4H,(H,10,11,12). The van der Waals surface area contributed by atoms with E-state index in [-0.39, 0.29) is 5.91 Å². The minimum absolute atomic E-state index is 0.240. The molecule has 0 aliphatic carbocycles. The summed E-state index contributed by atoms with van der Waals surface area (Å²) < 4.78 is 5.15. The summed E-state index contributed by atoms with van der Waals surface area (Å²) in [4.78, 5) is 12.0. The Labute approximate surface area is 88.5 Å². The normalized spacial score (nSPS) is 10.1. The molecule has 0 fully saturated rings. The molecule has 0 saturated heterocycles. The molecule has 2 rings (SSSR count). The number of aromatic nitrogens is 1. The highest BCUT2D eigenvalue weighted by atomic mass is 35.5. The summed E-state index contributed by atoms with van der Waals surface area (Å²) in [7, 11) is 0. The highest BCUT2D eigenvalue weighted by Crippen LogP contribution is 2.22. The number of carbonyl (C=O) groups excluding carboxylic acids is 1.